The molecule has 1 N–H and O–H groups in total. The molecule has 0 spiro atoms. The molecule has 0 aliphatic rings. The molecule has 1 unspecified atom stereocenters. The zero-order valence-electron chi connectivity index (χ0n) is 20.0. The number of rotatable bonds is 10. The van der Waals surface area contributed by atoms with Crippen LogP contribution < -0.4 is 5.32 Å². The minimum Gasteiger partial charge on any atom is -0.354 e. The smallest absolute Gasteiger partial charge is 0.243 e. The van der Waals surface area contributed by atoms with E-state index < -0.39 is 28.5 Å². The Labute approximate surface area is 212 Å². The van der Waals surface area contributed by atoms with Gasteiger partial charge < -0.3 is 10.2 Å². The van der Waals surface area contributed by atoms with Crippen LogP contribution in [0.4, 0.5) is 0 Å². The van der Waals surface area contributed by atoms with Gasteiger partial charge in [-0.05, 0) is 49.6 Å². The molecule has 0 aromatic heterocycles. The minimum atomic E-state index is -3.89. The molecular formula is C24H31Cl2N3O4S. The number of nitrogens with one attached hydrogen (secondary N) is 1. The molecule has 0 aliphatic heterocycles. The van der Waals surface area contributed by atoms with E-state index in [1.165, 1.54) is 24.1 Å². The summed E-state index contributed by atoms with van der Waals surface area (Å²) in [5.41, 5.74) is 1.59. The van der Waals surface area contributed by atoms with E-state index in [4.69, 9.17) is 23.2 Å². The van der Waals surface area contributed by atoms with Crippen molar-refractivity contribution in [1.82, 2.24) is 14.5 Å². The highest BCUT2D eigenvalue weighted by atomic mass is 35.5. The number of amides is 2. The van der Waals surface area contributed by atoms with Gasteiger partial charge in [0.25, 0.3) is 0 Å². The van der Waals surface area contributed by atoms with Gasteiger partial charge in [0.2, 0.25) is 21.8 Å². The quantitative estimate of drug-likeness (QED) is 0.503. The number of hydrogen-bond donors (Lipinski definition) is 1. The molecule has 0 saturated heterocycles. The van der Waals surface area contributed by atoms with Crippen molar-refractivity contribution in [1.29, 1.82) is 0 Å². The summed E-state index contributed by atoms with van der Waals surface area (Å²) in [4.78, 5) is 27.5. The number of benzene rings is 2. The van der Waals surface area contributed by atoms with Crippen molar-refractivity contribution < 1.29 is 18.0 Å². The highest BCUT2D eigenvalue weighted by Crippen LogP contribution is 2.24. The molecule has 10 heteroatoms. The van der Waals surface area contributed by atoms with Crippen molar-refractivity contribution >= 4 is 45.0 Å². The molecule has 2 rings (SSSR count). The average Bonchev–Trinajstić information content (AvgIpc) is 2.77. The van der Waals surface area contributed by atoms with Crippen LogP contribution in [0, 0.1) is 12.8 Å². The van der Waals surface area contributed by atoms with Gasteiger partial charge in [-0.25, -0.2) is 8.42 Å². The van der Waals surface area contributed by atoms with Crippen LogP contribution in [0.2, 0.25) is 10.0 Å². The molecule has 186 valence electrons. The van der Waals surface area contributed by atoms with E-state index in [1.54, 1.807) is 37.3 Å². The number of carbonyl (C=O) groups is 2. The fourth-order valence-electron chi connectivity index (χ4n) is 3.13. The number of nitrogens with zero attached hydrogens (tertiary/aromatic N) is 2. The number of sulfonamides is 1. The van der Waals surface area contributed by atoms with Crippen molar-refractivity contribution in [2.24, 2.45) is 5.92 Å². The zero-order chi connectivity index (χ0) is 25.6. The van der Waals surface area contributed by atoms with E-state index in [-0.39, 0.29) is 23.3 Å². The lowest BCUT2D eigenvalue weighted by molar-refractivity contribution is -0.140. The van der Waals surface area contributed by atoms with Crippen LogP contribution in [-0.2, 0) is 26.2 Å². The van der Waals surface area contributed by atoms with Crippen LogP contribution in [0.25, 0.3) is 0 Å². The molecule has 2 aromatic rings. The molecule has 0 fully saturated rings. The molecular weight excluding hydrogens is 497 g/mol. The predicted molar refractivity (Wildman–Crippen MR) is 135 cm³/mol. The summed E-state index contributed by atoms with van der Waals surface area (Å²) in [7, 11) is -2.55. The Kier molecular flexibility index (Phi) is 9.94. The van der Waals surface area contributed by atoms with Crippen molar-refractivity contribution in [2.45, 2.75) is 45.2 Å². The maximum atomic E-state index is 13.3. The van der Waals surface area contributed by atoms with Gasteiger partial charge >= 0.3 is 0 Å². The Morgan fingerprint density at radius 2 is 1.62 bits per heavy atom. The molecule has 2 amide bonds. The fraction of sp³-hybridized carbons (Fsp3) is 0.417. The third kappa shape index (κ3) is 7.43. The van der Waals surface area contributed by atoms with Crippen LogP contribution in [0.1, 0.15) is 31.9 Å². The molecule has 7 nitrogen and oxygen atoms in total. The summed E-state index contributed by atoms with van der Waals surface area (Å²) in [5.74, 6) is -0.608. The third-order valence-corrected chi connectivity index (χ3v) is 7.83. The van der Waals surface area contributed by atoms with Crippen LogP contribution >= 0.6 is 23.2 Å². The molecule has 0 saturated carbocycles. The largest absolute Gasteiger partial charge is 0.354 e. The van der Waals surface area contributed by atoms with Crippen LogP contribution in [-0.4, -0.2) is 55.6 Å². The van der Waals surface area contributed by atoms with Crippen LogP contribution in [0.3, 0.4) is 0 Å². The average molecular weight is 529 g/mol. The highest BCUT2D eigenvalue weighted by molar-refractivity contribution is 7.89. The van der Waals surface area contributed by atoms with Gasteiger partial charge in [0, 0.05) is 20.1 Å². The maximum absolute atomic E-state index is 13.3. The topological polar surface area (TPSA) is 86.8 Å². The molecule has 2 aromatic carbocycles. The van der Waals surface area contributed by atoms with Gasteiger partial charge in [-0.2, -0.15) is 4.31 Å². The SMILES string of the molecule is Cc1ccc(S(=O)(=O)N(C)CC(=O)N(Cc2ccc(Cl)c(Cl)c2)C(C)C(=O)NCC(C)C)cc1. The first kappa shape index (κ1) is 28.1. The Hall–Kier alpha value is -2.13. The van der Waals surface area contributed by atoms with Gasteiger partial charge in [-0.1, -0.05) is 60.8 Å². The summed E-state index contributed by atoms with van der Waals surface area (Å²) in [6, 6.07) is 10.5. The molecule has 0 aliphatic carbocycles. The first-order valence-corrected chi connectivity index (χ1v) is 13.1. The normalized spacial score (nSPS) is 12.6. The van der Waals surface area contributed by atoms with Gasteiger partial charge in [0.05, 0.1) is 21.5 Å². The second-order valence-electron chi connectivity index (χ2n) is 8.66. The number of halogens is 2. The van der Waals surface area contributed by atoms with Crippen molar-refractivity contribution in [3.05, 3.63) is 63.6 Å². The molecule has 1 atom stereocenters. The standard InChI is InChI=1S/C24H31Cl2N3O4S/c1-16(2)13-27-24(31)18(4)29(14-19-8-11-21(25)22(26)12-19)23(30)15-28(5)34(32,33)20-9-6-17(3)7-10-20/h6-12,16,18H,13-15H2,1-5H3,(H,27,31). The fourth-order valence-corrected chi connectivity index (χ4v) is 4.57. The molecule has 0 heterocycles. The zero-order valence-corrected chi connectivity index (χ0v) is 22.3. The molecule has 34 heavy (non-hydrogen) atoms. The Morgan fingerprint density at radius 1 is 1.00 bits per heavy atom. The number of aryl methyl sites for hydroxylation is 1. The van der Waals surface area contributed by atoms with E-state index >= 15 is 0 Å². The van der Waals surface area contributed by atoms with Crippen molar-refractivity contribution in [3.8, 4) is 0 Å². The highest BCUT2D eigenvalue weighted by Gasteiger charge is 2.30. The van der Waals surface area contributed by atoms with Crippen molar-refractivity contribution in [3.63, 3.8) is 0 Å². The lowest BCUT2D eigenvalue weighted by Gasteiger charge is -2.30. The number of likely N-dealkylation sites (N-methyl/N-ethyl adjacent to an activating group) is 1. The summed E-state index contributed by atoms with van der Waals surface area (Å²) in [5, 5.41) is 3.52. The second-order valence-corrected chi connectivity index (χ2v) is 11.5. The lowest BCUT2D eigenvalue weighted by Crippen LogP contribution is -2.51. The molecule has 0 radical (unpaired) electrons. The first-order valence-electron chi connectivity index (χ1n) is 10.9. The first-order chi connectivity index (χ1) is 15.8. The summed E-state index contributed by atoms with van der Waals surface area (Å²) in [6.45, 7) is 7.49. The van der Waals surface area contributed by atoms with Crippen molar-refractivity contribution in [2.75, 3.05) is 20.1 Å². The number of hydrogen-bond acceptors (Lipinski definition) is 4. The Morgan fingerprint density at radius 3 is 2.18 bits per heavy atom. The van der Waals surface area contributed by atoms with E-state index in [2.05, 4.69) is 5.32 Å². The lowest BCUT2D eigenvalue weighted by atomic mass is 10.1. The van der Waals surface area contributed by atoms with E-state index in [9.17, 15) is 18.0 Å². The van der Waals surface area contributed by atoms with Gasteiger partial charge in [-0.15, -0.1) is 0 Å². The maximum Gasteiger partial charge on any atom is 0.243 e. The Bertz CT molecular complexity index is 1120. The van der Waals surface area contributed by atoms with Crippen LogP contribution in [0.5, 0.6) is 0 Å². The van der Waals surface area contributed by atoms with Gasteiger partial charge in [0.1, 0.15) is 6.04 Å². The summed E-state index contributed by atoms with van der Waals surface area (Å²) >= 11 is 12.1. The van der Waals surface area contributed by atoms with Gasteiger partial charge in [0.15, 0.2) is 0 Å². The van der Waals surface area contributed by atoms with E-state index in [1.807, 2.05) is 20.8 Å². The third-order valence-electron chi connectivity index (χ3n) is 5.28. The van der Waals surface area contributed by atoms with E-state index in [0.29, 0.717) is 22.2 Å². The van der Waals surface area contributed by atoms with Gasteiger partial charge in [-0.3, -0.25) is 9.59 Å². The van der Waals surface area contributed by atoms with E-state index in [0.717, 1.165) is 9.87 Å². The Balaban J connectivity index is 2.28. The predicted octanol–water partition coefficient (Wildman–Crippen LogP) is 4.11. The molecule has 0 bridgehead atoms. The second kappa shape index (κ2) is 12.0. The summed E-state index contributed by atoms with van der Waals surface area (Å²) in [6.07, 6.45) is 0. The summed E-state index contributed by atoms with van der Waals surface area (Å²) < 4.78 is 26.9. The minimum absolute atomic E-state index is 0.0599. The van der Waals surface area contributed by atoms with Crippen LogP contribution in [0.15, 0.2) is 47.4 Å². The monoisotopic (exact) mass is 527 g/mol. The number of carbonyl (C=O) groups excluding carboxylic acids is 2.